The van der Waals surface area contributed by atoms with E-state index in [1.54, 1.807) is 13.3 Å². The molecule has 0 unspecified atom stereocenters. The number of H-pyrrole nitrogens is 1. The summed E-state index contributed by atoms with van der Waals surface area (Å²) in [5.74, 6) is 0.133. The number of imidazole rings is 1. The number of carbonyl (C=O) groups excluding carboxylic acids is 1. The van der Waals surface area contributed by atoms with E-state index in [9.17, 15) is 4.79 Å². The molecule has 7 nitrogen and oxygen atoms in total. The molecule has 1 aromatic carbocycles. The number of hydrogen-bond acceptors (Lipinski definition) is 5. The number of carbonyl (C=O) groups is 1. The lowest BCUT2D eigenvalue weighted by molar-refractivity contribution is 0.0396. The fourth-order valence-corrected chi connectivity index (χ4v) is 5.27. The molecular weight excluding hydrogens is 450 g/mol. The molecule has 0 atom stereocenters. The molecule has 36 heavy (non-hydrogen) atoms. The number of benzene rings is 1. The number of methoxy groups -OCH3 is 1. The Hall–Kier alpha value is -2.48. The van der Waals surface area contributed by atoms with E-state index in [4.69, 9.17) is 4.74 Å². The zero-order valence-corrected chi connectivity index (χ0v) is 22.9. The van der Waals surface area contributed by atoms with Gasteiger partial charge in [0.2, 0.25) is 0 Å². The van der Waals surface area contributed by atoms with E-state index in [-0.39, 0.29) is 11.4 Å². The van der Waals surface area contributed by atoms with Crippen LogP contribution >= 0.6 is 0 Å². The van der Waals surface area contributed by atoms with Crippen molar-refractivity contribution in [3.05, 3.63) is 53.1 Å². The van der Waals surface area contributed by atoms with Crippen LogP contribution in [0.3, 0.4) is 0 Å². The van der Waals surface area contributed by atoms with Gasteiger partial charge in [0.05, 0.1) is 12.3 Å². The van der Waals surface area contributed by atoms with E-state index in [0.717, 1.165) is 75.5 Å². The van der Waals surface area contributed by atoms with Crippen molar-refractivity contribution < 1.29 is 9.53 Å². The molecule has 0 radical (unpaired) electrons. The van der Waals surface area contributed by atoms with Gasteiger partial charge in [0.1, 0.15) is 0 Å². The fourth-order valence-electron chi connectivity index (χ4n) is 5.27. The third-order valence-corrected chi connectivity index (χ3v) is 7.99. The van der Waals surface area contributed by atoms with Gasteiger partial charge in [0.25, 0.3) is 5.91 Å². The van der Waals surface area contributed by atoms with Crippen molar-refractivity contribution in [2.75, 3.05) is 51.8 Å². The van der Waals surface area contributed by atoms with Gasteiger partial charge in [-0.3, -0.25) is 14.6 Å². The van der Waals surface area contributed by atoms with Crippen LogP contribution in [0.25, 0.3) is 5.57 Å². The second-order valence-corrected chi connectivity index (χ2v) is 11.6. The highest BCUT2D eigenvalue weighted by atomic mass is 16.5. The van der Waals surface area contributed by atoms with Crippen LogP contribution in [0.4, 0.5) is 5.69 Å². The minimum absolute atomic E-state index is 0.114. The van der Waals surface area contributed by atoms with Gasteiger partial charge < -0.3 is 15.0 Å². The molecule has 0 bridgehead atoms. The number of hydrogen-bond donors (Lipinski definition) is 2. The van der Waals surface area contributed by atoms with Crippen molar-refractivity contribution in [1.29, 1.82) is 0 Å². The molecule has 0 saturated carbocycles. The highest BCUT2D eigenvalue weighted by Crippen LogP contribution is 2.41. The van der Waals surface area contributed by atoms with E-state index in [1.807, 2.05) is 6.92 Å². The maximum absolute atomic E-state index is 13.0. The normalized spacial score (nSPS) is 19.2. The van der Waals surface area contributed by atoms with Gasteiger partial charge in [0.15, 0.2) is 5.82 Å². The SMILES string of the molecule is COCCN1CCN(C(C)(C)c2ccc(NC(=O)c3nc(C)c[nH]3)c(C3=CCC(C)(C)CC3)c2)CC1. The Balaban J connectivity index is 1.60. The molecule has 0 spiro atoms. The molecule has 1 amide bonds. The predicted molar refractivity (Wildman–Crippen MR) is 146 cm³/mol. The Morgan fingerprint density at radius 2 is 1.97 bits per heavy atom. The van der Waals surface area contributed by atoms with Crippen LogP contribution in [0.2, 0.25) is 0 Å². The summed E-state index contributed by atoms with van der Waals surface area (Å²) < 4.78 is 5.26. The molecule has 1 aliphatic carbocycles. The van der Waals surface area contributed by atoms with Crippen molar-refractivity contribution in [2.45, 2.75) is 59.4 Å². The monoisotopic (exact) mass is 493 g/mol. The predicted octanol–water partition coefficient (Wildman–Crippen LogP) is 5.06. The third kappa shape index (κ3) is 6.07. The number of piperazine rings is 1. The first kappa shape index (κ1) is 26.6. The van der Waals surface area contributed by atoms with Crippen LogP contribution in [0.5, 0.6) is 0 Å². The first-order valence-electron chi connectivity index (χ1n) is 13.2. The quantitative estimate of drug-likeness (QED) is 0.538. The van der Waals surface area contributed by atoms with Gasteiger partial charge in [-0.25, -0.2) is 4.98 Å². The molecule has 2 heterocycles. The summed E-state index contributed by atoms with van der Waals surface area (Å²) in [6, 6.07) is 6.57. The van der Waals surface area contributed by atoms with E-state index >= 15 is 0 Å². The molecule has 1 fully saturated rings. The van der Waals surface area contributed by atoms with Crippen LogP contribution in [-0.2, 0) is 10.3 Å². The minimum Gasteiger partial charge on any atom is -0.383 e. The topological polar surface area (TPSA) is 73.5 Å². The van der Waals surface area contributed by atoms with E-state index in [1.165, 1.54) is 11.1 Å². The molecule has 1 aliphatic heterocycles. The van der Waals surface area contributed by atoms with Crippen LogP contribution < -0.4 is 5.32 Å². The molecule has 4 rings (SSSR count). The first-order chi connectivity index (χ1) is 17.1. The Kier molecular flexibility index (Phi) is 8.03. The molecule has 196 valence electrons. The van der Waals surface area contributed by atoms with Crippen molar-refractivity contribution >= 4 is 17.2 Å². The van der Waals surface area contributed by atoms with Gasteiger partial charge in [-0.05, 0) is 68.7 Å². The standard InChI is InChI=1S/C29H43N5O2/c1-21-20-30-26(31-21)27(35)32-25-8-7-23(19-24(25)22-9-11-28(2,3)12-10-22)29(4,5)34-15-13-33(14-16-34)17-18-36-6/h7-9,19-20H,10-18H2,1-6H3,(H,30,31)(H,32,35). The number of amides is 1. The number of nitrogens with zero attached hydrogens (tertiary/aromatic N) is 3. The van der Waals surface area contributed by atoms with Crippen molar-refractivity contribution in [2.24, 2.45) is 5.41 Å². The van der Waals surface area contributed by atoms with Gasteiger partial charge in [-0.15, -0.1) is 0 Å². The summed E-state index contributed by atoms with van der Waals surface area (Å²) in [5, 5.41) is 3.14. The number of aromatic nitrogens is 2. The Morgan fingerprint density at radius 1 is 1.22 bits per heavy atom. The van der Waals surface area contributed by atoms with E-state index in [2.05, 4.69) is 77.1 Å². The number of ether oxygens (including phenoxy) is 1. The molecule has 1 aromatic heterocycles. The summed E-state index contributed by atoms with van der Waals surface area (Å²) >= 11 is 0. The zero-order valence-electron chi connectivity index (χ0n) is 22.9. The van der Waals surface area contributed by atoms with E-state index in [0.29, 0.717) is 11.2 Å². The van der Waals surface area contributed by atoms with Crippen LogP contribution in [0, 0.1) is 12.3 Å². The molecule has 7 heteroatoms. The maximum Gasteiger partial charge on any atom is 0.291 e. The van der Waals surface area contributed by atoms with Crippen LogP contribution in [0.15, 0.2) is 30.5 Å². The van der Waals surface area contributed by atoms with Crippen molar-refractivity contribution in [3.63, 3.8) is 0 Å². The number of nitrogens with one attached hydrogen (secondary N) is 2. The highest BCUT2D eigenvalue weighted by molar-refractivity contribution is 6.03. The summed E-state index contributed by atoms with van der Waals surface area (Å²) in [6.07, 6.45) is 7.32. The second kappa shape index (κ2) is 10.9. The van der Waals surface area contributed by atoms with Crippen molar-refractivity contribution in [1.82, 2.24) is 19.8 Å². The van der Waals surface area contributed by atoms with Crippen LogP contribution in [-0.4, -0.2) is 72.1 Å². The minimum atomic E-state index is -0.208. The molecule has 1 saturated heterocycles. The summed E-state index contributed by atoms with van der Waals surface area (Å²) in [6.45, 7) is 17.1. The number of aryl methyl sites for hydroxylation is 1. The Labute approximate surface area is 216 Å². The van der Waals surface area contributed by atoms with Gasteiger partial charge in [0, 0.05) is 62.8 Å². The number of anilines is 1. The first-order valence-corrected chi connectivity index (χ1v) is 13.2. The van der Waals surface area contributed by atoms with Crippen molar-refractivity contribution in [3.8, 4) is 0 Å². The molecular formula is C29H43N5O2. The average molecular weight is 494 g/mol. The summed E-state index contributed by atoms with van der Waals surface area (Å²) in [7, 11) is 1.77. The second-order valence-electron chi connectivity index (χ2n) is 11.6. The lowest BCUT2D eigenvalue weighted by Gasteiger charge is -2.44. The molecule has 2 N–H and O–H groups in total. The number of rotatable bonds is 8. The van der Waals surface area contributed by atoms with Crippen LogP contribution in [0.1, 0.15) is 74.4 Å². The van der Waals surface area contributed by atoms with Gasteiger partial charge in [-0.1, -0.05) is 26.0 Å². The molecule has 2 aliphatic rings. The Morgan fingerprint density at radius 3 is 2.58 bits per heavy atom. The summed E-state index contributed by atoms with van der Waals surface area (Å²) in [4.78, 5) is 25.3. The zero-order chi connectivity index (χ0) is 25.9. The third-order valence-electron chi connectivity index (χ3n) is 7.99. The van der Waals surface area contributed by atoms with Gasteiger partial charge in [-0.2, -0.15) is 0 Å². The highest BCUT2D eigenvalue weighted by Gasteiger charge is 2.33. The fraction of sp³-hybridized carbons (Fsp3) is 0.586. The van der Waals surface area contributed by atoms with Gasteiger partial charge >= 0.3 is 0 Å². The smallest absolute Gasteiger partial charge is 0.291 e. The number of allylic oxidation sites excluding steroid dienone is 2. The average Bonchev–Trinajstić information content (AvgIpc) is 3.30. The maximum atomic E-state index is 13.0. The summed E-state index contributed by atoms with van der Waals surface area (Å²) in [5.41, 5.74) is 5.59. The van der Waals surface area contributed by atoms with E-state index < -0.39 is 0 Å². The largest absolute Gasteiger partial charge is 0.383 e. The molecule has 2 aromatic rings. The lowest BCUT2D eigenvalue weighted by Crippen LogP contribution is -2.53. The lowest BCUT2D eigenvalue weighted by atomic mass is 9.76. The number of aromatic amines is 1. The Bertz CT molecular complexity index is 1090.